The predicted molar refractivity (Wildman–Crippen MR) is 53.6 cm³/mol. The molecule has 0 saturated carbocycles. The second kappa shape index (κ2) is 4.70. The van der Waals surface area contributed by atoms with Crippen molar-refractivity contribution in [1.29, 1.82) is 0 Å². The number of nitrogens with one attached hydrogen (secondary N) is 1. The Morgan fingerprint density at radius 2 is 2.08 bits per heavy atom. The highest BCUT2D eigenvalue weighted by Crippen LogP contribution is 2.06. The van der Waals surface area contributed by atoms with Crippen LogP contribution in [0, 0.1) is 0 Å². The Balaban J connectivity index is 3.77. The topological polar surface area (TPSA) is 38.3 Å². The van der Waals surface area contributed by atoms with Gasteiger partial charge in [0, 0.05) is 6.54 Å². The third-order valence-corrected chi connectivity index (χ3v) is 1.15. The van der Waals surface area contributed by atoms with E-state index in [1.54, 1.807) is 6.08 Å². The summed E-state index contributed by atoms with van der Waals surface area (Å²) in [7, 11) is 0. The smallest absolute Gasteiger partial charge is 0.407 e. The predicted octanol–water partition coefficient (Wildman–Crippen LogP) is 2.25. The molecule has 13 heavy (non-hydrogen) atoms. The van der Waals surface area contributed by atoms with E-state index >= 15 is 0 Å². The second-order valence-electron chi connectivity index (χ2n) is 3.72. The molecule has 0 aliphatic rings. The molecule has 0 atom stereocenters. The fraction of sp³-hybridized carbons (Fsp3) is 0.500. The Labute approximate surface area is 79.5 Å². The van der Waals surface area contributed by atoms with Crippen LogP contribution in [0.2, 0.25) is 0 Å². The minimum Gasteiger partial charge on any atom is -0.444 e. The molecule has 0 saturated heterocycles. The van der Waals surface area contributed by atoms with Gasteiger partial charge in [0.1, 0.15) is 5.60 Å². The first kappa shape index (κ1) is 11.8. The Morgan fingerprint density at radius 1 is 1.54 bits per heavy atom. The molecule has 3 heteroatoms. The van der Waals surface area contributed by atoms with Crippen molar-refractivity contribution in [3.63, 3.8) is 0 Å². The average Bonchev–Trinajstić information content (AvgIpc) is 1.97. The molecule has 0 spiro atoms. The number of hydrogen-bond acceptors (Lipinski definition) is 2. The van der Waals surface area contributed by atoms with E-state index in [1.807, 2.05) is 20.8 Å². The van der Waals surface area contributed by atoms with Gasteiger partial charge in [0.25, 0.3) is 0 Å². The van der Waals surface area contributed by atoms with Crippen LogP contribution in [-0.2, 0) is 4.74 Å². The van der Waals surface area contributed by atoms with Crippen molar-refractivity contribution in [3.05, 3.63) is 24.8 Å². The molecule has 0 aliphatic carbocycles. The van der Waals surface area contributed by atoms with Gasteiger partial charge in [0.2, 0.25) is 0 Å². The third-order valence-electron chi connectivity index (χ3n) is 1.15. The van der Waals surface area contributed by atoms with E-state index in [-0.39, 0.29) is 0 Å². The molecule has 0 unspecified atom stereocenters. The van der Waals surface area contributed by atoms with E-state index in [0.717, 1.165) is 5.57 Å². The highest BCUT2D eigenvalue weighted by atomic mass is 16.6. The first-order valence-electron chi connectivity index (χ1n) is 4.12. The number of rotatable bonds is 3. The molecule has 0 bridgehead atoms. The highest BCUT2D eigenvalue weighted by Gasteiger charge is 2.15. The van der Waals surface area contributed by atoms with Crippen molar-refractivity contribution < 1.29 is 9.53 Å². The van der Waals surface area contributed by atoms with Gasteiger partial charge in [0.05, 0.1) is 0 Å². The van der Waals surface area contributed by atoms with Crippen LogP contribution in [0.3, 0.4) is 0 Å². The van der Waals surface area contributed by atoms with Gasteiger partial charge in [-0.2, -0.15) is 0 Å². The fourth-order valence-corrected chi connectivity index (χ4v) is 0.572. The zero-order valence-electron chi connectivity index (χ0n) is 8.52. The minimum absolute atomic E-state index is 0.373. The maximum atomic E-state index is 11.1. The molecule has 0 aromatic heterocycles. The summed E-state index contributed by atoms with van der Waals surface area (Å²) in [6.07, 6.45) is 1.16. The summed E-state index contributed by atoms with van der Waals surface area (Å²) in [4.78, 5) is 11.1. The maximum absolute atomic E-state index is 11.1. The summed E-state index contributed by atoms with van der Waals surface area (Å²) in [6.45, 7) is 13.0. The average molecular weight is 183 g/mol. The quantitative estimate of drug-likeness (QED) is 0.681. The number of carbonyl (C=O) groups is 1. The van der Waals surface area contributed by atoms with Crippen molar-refractivity contribution in [2.24, 2.45) is 0 Å². The maximum Gasteiger partial charge on any atom is 0.407 e. The Bertz CT molecular complexity index is 213. The second-order valence-corrected chi connectivity index (χ2v) is 3.72. The monoisotopic (exact) mass is 183 g/mol. The zero-order valence-corrected chi connectivity index (χ0v) is 8.52. The molecular weight excluding hydrogens is 166 g/mol. The summed E-state index contributed by atoms with van der Waals surface area (Å²) in [5.41, 5.74) is 0.297. The van der Waals surface area contributed by atoms with E-state index in [9.17, 15) is 4.79 Å². The van der Waals surface area contributed by atoms with Gasteiger partial charge >= 0.3 is 6.09 Å². The number of alkyl carbamates (subject to hydrolysis) is 1. The van der Waals surface area contributed by atoms with Crippen molar-refractivity contribution >= 4 is 6.09 Å². The van der Waals surface area contributed by atoms with Gasteiger partial charge in [-0.15, -0.1) is 0 Å². The van der Waals surface area contributed by atoms with Gasteiger partial charge in [-0.05, 0) is 26.3 Å². The van der Waals surface area contributed by atoms with Crippen LogP contribution in [0.5, 0.6) is 0 Å². The van der Waals surface area contributed by atoms with Crippen LogP contribution in [0.15, 0.2) is 24.8 Å². The first-order chi connectivity index (χ1) is 5.85. The number of ether oxygens (including phenoxy) is 1. The third kappa shape index (κ3) is 7.12. The zero-order chi connectivity index (χ0) is 10.5. The van der Waals surface area contributed by atoms with Gasteiger partial charge in [-0.1, -0.05) is 19.2 Å². The van der Waals surface area contributed by atoms with Crippen LogP contribution in [-0.4, -0.2) is 18.2 Å². The van der Waals surface area contributed by atoms with Crippen LogP contribution in [0.25, 0.3) is 0 Å². The summed E-state index contributed by atoms with van der Waals surface area (Å²) < 4.78 is 5.01. The van der Waals surface area contributed by atoms with Crippen LogP contribution in [0.4, 0.5) is 4.79 Å². The standard InChI is InChI=1S/C10H17NO2/c1-6-8(2)7-11-9(12)13-10(3,4)5/h6H,1-2,7H2,3-5H3,(H,11,12). The Hall–Kier alpha value is -1.25. The summed E-state index contributed by atoms with van der Waals surface area (Å²) in [5, 5.41) is 2.56. The molecule has 3 nitrogen and oxygen atoms in total. The van der Waals surface area contributed by atoms with E-state index < -0.39 is 11.7 Å². The molecule has 0 aromatic rings. The molecule has 74 valence electrons. The Morgan fingerprint density at radius 3 is 2.46 bits per heavy atom. The lowest BCUT2D eigenvalue weighted by molar-refractivity contribution is 0.0533. The molecule has 0 rings (SSSR count). The van der Waals surface area contributed by atoms with Crippen molar-refractivity contribution in [2.45, 2.75) is 26.4 Å². The van der Waals surface area contributed by atoms with Crippen molar-refractivity contribution in [2.75, 3.05) is 6.54 Å². The van der Waals surface area contributed by atoms with E-state index in [2.05, 4.69) is 18.5 Å². The number of amides is 1. The minimum atomic E-state index is -0.459. The molecule has 0 fully saturated rings. The van der Waals surface area contributed by atoms with Crippen LogP contribution < -0.4 is 5.32 Å². The summed E-state index contributed by atoms with van der Waals surface area (Å²) >= 11 is 0. The molecule has 0 radical (unpaired) electrons. The van der Waals surface area contributed by atoms with E-state index in [4.69, 9.17) is 4.74 Å². The number of hydrogen-bond donors (Lipinski definition) is 1. The largest absolute Gasteiger partial charge is 0.444 e. The molecule has 0 heterocycles. The number of carbonyl (C=O) groups excluding carboxylic acids is 1. The van der Waals surface area contributed by atoms with Gasteiger partial charge in [-0.3, -0.25) is 0 Å². The van der Waals surface area contributed by atoms with Gasteiger partial charge in [0.15, 0.2) is 0 Å². The van der Waals surface area contributed by atoms with Crippen LogP contribution >= 0.6 is 0 Å². The molecule has 0 aromatic carbocycles. The molecule has 1 N–H and O–H groups in total. The highest BCUT2D eigenvalue weighted by molar-refractivity contribution is 5.68. The molecule has 0 aliphatic heterocycles. The SMILES string of the molecule is C=CC(=C)CNC(=O)OC(C)(C)C. The molecular formula is C10H17NO2. The fourth-order valence-electron chi connectivity index (χ4n) is 0.572. The van der Waals surface area contributed by atoms with Crippen LogP contribution in [0.1, 0.15) is 20.8 Å². The lowest BCUT2D eigenvalue weighted by Crippen LogP contribution is -2.33. The first-order valence-corrected chi connectivity index (χ1v) is 4.12. The summed E-state index contributed by atoms with van der Waals surface area (Å²) in [6, 6.07) is 0. The van der Waals surface area contributed by atoms with Crippen molar-refractivity contribution in [1.82, 2.24) is 5.32 Å². The van der Waals surface area contributed by atoms with Gasteiger partial charge < -0.3 is 10.1 Å². The van der Waals surface area contributed by atoms with E-state index in [0.29, 0.717) is 6.54 Å². The Kier molecular flexibility index (Phi) is 4.25. The van der Waals surface area contributed by atoms with E-state index in [1.165, 1.54) is 0 Å². The normalized spacial score (nSPS) is 10.4. The van der Waals surface area contributed by atoms with Crippen molar-refractivity contribution in [3.8, 4) is 0 Å². The lowest BCUT2D eigenvalue weighted by Gasteiger charge is -2.19. The molecule has 1 amide bonds. The lowest BCUT2D eigenvalue weighted by atomic mass is 10.2. The summed E-state index contributed by atoms with van der Waals surface area (Å²) in [5.74, 6) is 0. The van der Waals surface area contributed by atoms with Gasteiger partial charge in [-0.25, -0.2) is 4.79 Å².